The van der Waals surface area contributed by atoms with E-state index in [4.69, 9.17) is 0 Å². The molecule has 0 saturated carbocycles. The van der Waals surface area contributed by atoms with Crippen molar-refractivity contribution in [1.29, 1.82) is 0 Å². The third-order valence-electron chi connectivity index (χ3n) is 2.96. The molecule has 0 spiro atoms. The van der Waals surface area contributed by atoms with E-state index in [2.05, 4.69) is 22.6 Å². The second-order valence-corrected chi connectivity index (χ2v) is 4.95. The number of nitrogens with one attached hydrogen (secondary N) is 1. The van der Waals surface area contributed by atoms with Crippen molar-refractivity contribution in [3.63, 3.8) is 0 Å². The molecule has 2 N–H and O–H groups in total. The fourth-order valence-corrected chi connectivity index (χ4v) is 2.53. The van der Waals surface area contributed by atoms with Crippen molar-refractivity contribution < 1.29 is 5.11 Å². The van der Waals surface area contributed by atoms with Crippen LogP contribution < -0.4 is 5.32 Å². The molecular weight excluding hydrogens is 244 g/mol. The normalized spacial score (nSPS) is 12.5. The third-order valence-corrected chi connectivity index (χ3v) is 3.59. The number of hydrogen-bond donors (Lipinski definition) is 2. The van der Waals surface area contributed by atoms with Crippen LogP contribution in [0.4, 0.5) is 0 Å². The predicted molar refractivity (Wildman–Crippen MR) is 75.0 cm³/mol. The van der Waals surface area contributed by atoms with E-state index in [0.29, 0.717) is 11.8 Å². The van der Waals surface area contributed by atoms with Gasteiger partial charge in [-0.3, -0.25) is 0 Å². The van der Waals surface area contributed by atoms with Crippen molar-refractivity contribution in [2.75, 3.05) is 6.54 Å². The number of nitrogens with zero attached hydrogens (tertiary/aromatic N) is 1. The van der Waals surface area contributed by atoms with Crippen LogP contribution in [0.5, 0.6) is 5.75 Å². The van der Waals surface area contributed by atoms with Crippen molar-refractivity contribution in [2.24, 2.45) is 0 Å². The van der Waals surface area contributed by atoms with Gasteiger partial charge in [0.1, 0.15) is 5.75 Å². The van der Waals surface area contributed by atoms with Gasteiger partial charge in [-0.1, -0.05) is 19.1 Å². The van der Waals surface area contributed by atoms with Crippen LogP contribution in [0.15, 0.2) is 35.2 Å². The fourth-order valence-electron chi connectivity index (χ4n) is 1.94. The van der Waals surface area contributed by atoms with Gasteiger partial charge in [-0.25, -0.2) is 4.98 Å². The van der Waals surface area contributed by atoms with Crippen LogP contribution in [-0.4, -0.2) is 16.6 Å². The van der Waals surface area contributed by atoms with Gasteiger partial charge in [0.05, 0.1) is 11.2 Å². The standard InChI is InChI=1S/C14H18N2OS/c1-2-14(11-3-5-13(17)6-4-11)15-8-7-12-9-18-10-16-12/h3-6,9-10,14-15,17H,2,7-8H2,1H3. The highest BCUT2D eigenvalue weighted by Gasteiger charge is 2.08. The Kier molecular flexibility index (Phi) is 4.73. The number of rotatable bonds is 6. The summed E-state index contributed by atoms with van der Waals surface area (Å²) in [4.78, 5) is 4.27. The molecule has 2 rings (SSSR count). The first-order valence-corrected chi connectivity index (χ1v) is 7.13. The van der Waals surface area contributed by atoms with E-state index < -0.39 is 0 Å². The van der Waals surface area contributed by atoms with E-state index in [1.807, 2.05) is 17.6 Å². The SMILES string of the molecule is CCC(NCCc1cscn1)c1ccc(O)cc1. The molecule has 0 fully saturated rings. The lowest BCUT2D eigenvalue weighted by Gasteiger charge is -2.17. The molecule has 0 radical (unpaired) electrons. The van der Waals surface area contributed by atoms with Gasteiger partial charge in [0.2, 0.25) is 0 Å². The zero-order valence-electron chi connectivity index (χ0n) is 10.5. The number of thiazole rings is 1. The molecule has 1 heterocycles. The molecule has 0 aliphatic heterocycles. The largest absolute Gasteiger partial charge is 0.508 e. The number of aromatic hydroxyl groups is 1. The van der Waals surface area contributed by atoms with Gasteiger partial charge in [-0.2, -0.15) is 0 Å². The Morgan fingerprint density at radius 1 is 1.33 bits per heavy atom. The van der Waals surface area contributed by atoms with Gasteiger partial charge >= 0.3 is 0 Å². The van der Waals surface area contributed by atoms with Crippen molar-refractivity contribution in [2.45, 2.75) is 25.8 Å². The van der Waals surface area contributed by atoms with Gasteiger partial charge in [0, 0.05) is 24.4 Å². The van der Waals surface area contributed by atoms with Crippen LogP contribution in [0, 0.1) is 0 Å². The molecule has 0 saturated heterocycles. The van der Waals surface area contributed by atoms with Crippen LogP contribution >= 0.6 is 11.3 Å². The average Bonchev–Trinajstić information content (AvgIpc) is 2.89. The predicted octanol–water partition coefficient (Wildman–Crippen LogP) is 3.13. The van der Waals surface area contributed by atoms with Gasteiger partial charge in [0.25, 0.3) is 0 Å². The van der Waals surface area contributed by atoms with E-state index in [9.17, 15) is 5.11 Å². The molecule has 3 nitrogen and oxygen atoms in total. The van der Waals surface area contributed by atoms with Gasteiger partial charge in [-0.15, -0.1) is 11.3 Å². The zero-order valence-corrected chi connectivity index (χ0v) is 11.3. The number of hydrogen-bond acceptors (Lipinski definition) is 4. The smallest absolute Gasteiger partial charge is 0.115 e. The Morgan fingerprint density at radius 2 is 2.11 bits per heavy atom. The van der Waals surface area contributed by atoms with E-state index in [0.717, 1.165) is 25.1 Å². The first-order chi connectivity index (χ1) is 8.79. The maximum atomic E-state index is 9.28. The van der Waals surface area contributed by atoms with Crippen LogP contribution in [0.3, 0.4) is 0 Å². The van der Waals surface area contributed by atoms with Crippen LogP contribution in [0.2, 0.25) is 0 Å². The van der Waals surface area contributed by atoms with Crippen molar-refractivity contribution >= 4 is 11.3 Å². The van der Waals surface area contributed by atoms with E-state index >= 15 is 0 Å². The molecule has 1 atom stereocenters. The Morgan fingerprint density at radius 3 is 2.72 bits per heavy atom. The van der Waals surface area contributed by atoms with E-state index in [-0.39, 0.29) is 0 Å². The summed E-state index contributed by atoms with van der Waals surface area (Å²) >= 11 is 1.64. The Balaban J connectivity index is 1.87. The monoisotopic (exact) mass is 262 g/mol. The molecule has 1 unspecified atom stereocenters. The molecule has 1 aromatic carbocycles. The van der Waals surface area contributed by atoms with E-state index in [1.165, 1.54) is 5.56 Å². The number of benzene rings is 1. The number of phenolic OH excluding ortho intramolecular Hbond substituents is 1. The molecule has 18 heavy (non-hydrogen) atoms. The molecule has 0 aliphatic rings. The summed E-state index contributed by atoms with van der Waals surface area (Å²) in [5.74, 6) is 0.316. The van der Waals surface area contributed by atoms with Crippen LogP contribution in [0.1, 0.15) is 30.6 Å². The average molecular weight is 262 g/mol. The summed E-state index contributed by atoms with van der Waals surface area (Å²) in [6.07, 6.45) is 1.99. The lowest BCUT2D eigenvalue weighted by Crippen LogP contribution is -2.23. The van der Waals surface area contributed by atoms with Crippen LogP contribution in [-0.2, 0) is 6.42 Å². The summed E-state index contributed by atoms with van der Waals surface area (Å²) in [7, 11) is 0. The highest BCUT2D eigenvalue weighted by Crippen LogP contribution is 2.19. The minimum atomic E-state index is 0.316. The molecular formula is C14H18N2OS. The third kappa shape index (κ3) is 3.55. The molecule has 0 amide bonds. The summed E-state index contributed by atoms with van der Waals surface area (Å²) < 4.78 is 0. The van der Waals surface area contributed by atoms with Gasteiger partial charge in [-0.05, 0) is 24.1 Å². The molecule has 1 aromatic heterocycles. The Bertz CT molecular complexity index is 453. The Hall–Kier alpha value is -1.39. The minimum absolute atomic E-state index is 0.316. The molecule has 4 heteroatoms. The minimum Gasteiger partial charge on any atom is -0.508 e. The lowest BCUT2D eigenvalue weighted by molar-refractivity contribution is 0.473. The van der Waals surface area contributed by atoms with Crippen molar-refractivity contribution in [3.8, 4) is 5.75 Å². The lowest BCUT2D eigenvalue weighted by atomic mass is 10.0. The maximum Gasteiger partial charge on any atom is 0.115 e. The number of aromatic nitrogens is 1. The first-order valence-electron chi connectivity index (χ1n) is 6.19. The van der Waals surface area contributed by atoms with Crippen LogP contribution in [0.25, 0.3) is 0 Å². The van der Waals surface area contributed by atoms with Crippen molar-refractivity contribution in [3.05, 3.63) is 46.4 Å². The summed E-state index contributed by atoms with van der Waals surface area (Å²) in [5, 5.41) is 14.9. The van der Waals surface area contributed by atoms with Gasteiger partial charge in [0.15, 0.2) is 0 Å². The van der Waals surface area contributed by atoms with Crippen molar-refractivity contribution in [1.82, 2.24) is 10.3 Å². The molecule has 2 aromatic rings. The van der Waals surface area contributed by atoms with E-state index in [1.54, 1.807) is 23.5 Å². The summed E-state index contributed by atoms with van der Waals surface area (Å²) in [6.45, 7) is 3.08. The summed E-state index contributed by atoms with van der Waals surface area (Å²) in [6, 6.07) is 7.75. The molecule has 96 valence electrons. The maximum absolute atomic E-state index is 9.28. The quantitative estimate of drug-likeness (QED) is 0.840. The highest BCUT2D eigenvalue weighted by atomic mass is 32.1. The van der Waals surface area contributed by atoms with Gasteiger partial charge < -0.3 is 10.4 Å². The Labute approximate surface area is 112 Å². The number of phenols is 1. The molecule has 0 aliphatic carbocycles. The first kappa shape index (κ1) is 13.1. The highest BCUT2D eigenvalue weighted by molar-refractivity contribution is 7.07. The second-order valence-electron chi connectivity index (χ2n) is 4.24. The zero-order chi connectivity index (χ0) is 12.8. The molecule has 0 bridgehead atoms. The second kappa shape index (κ2) is 6.52. The topological polar surface area (TPSA) is 45.2 Å². The fraction of sp³-hybridized carbons (Fsp3) is 0.357. The summed E-state index contributed by atoms with van der Waals surface area (Å²) in [5.41, 5.74) is 4.23.